The summed E-state index contributed by atoms with van der Waals surface area (Å²) in [6.07, 6.45) is 1.23. The van der Waals surface area contributed by atoms with Gasteiger partial charge in [-0.3, -0.25) is 4.90 Å². The maximum absolute atomic E-state index is 13.8. The molecule has 0 radical (unpaired) electrons. The second kappa shape index (κ2) is 5.61. The molecule has 2 aromatic rings. The van der Waals surface area contributed by atoms with Crippen molar-refractivity contribution in [2.24, 2.45) is 0 Å². The van der Waals surface area contributed by atoms with Crippen LogP contribution in [0.1, 0.15) is 6.42 Å². The van der Waals surface area contributed by atoms with Crippen LogP contribution in [0.15, 0.2) is 24.4 Å². The standard InChI is InChI=1S/C13H10ClFN4O2/c14-12-16-7-8(15)11(18-12)9-3-1-4-10(17-9)19-5-2-6-21-13(19)20/h1,3-4,7H,2,5-6H2. The van der Waals surface area contributed by atoms with Crippen molar-refractivity contribution >= 4 is 23.5 Å². The Hall–Kier alpha value is -2.28. The summed E-state index contributed by atoms with van der Waals surface area (Å²) < 4.78 is 18.7. The first-order chi connectivity index (χ1) is 10.1. The molecule has 1 amide bonds. The van der Waals surface area contributed by atoms with Crippen LogP contribution in [0.2, 0.25) is 5.28 Å². The van der Waals surface area contributed by atoms with E-state index in [0.29, 0.717) is 25.4 Å². The lowest BCUT2D eigenvalue weighted by atomic mass is 10.2. The van der Waals surface area contributed by atoms with Crippen molar-refractivity contribution in [1.29, 1.82) is 0 Å². The van der Waals surface area contributed by atoms with Gasteiger partial charge in [0, 0.05) is 6.54 Å². The van der Waals surface area contributed by atoms with E-state index in [-0.39, 0.29) is 16.7 Å². The number of pyridine rings is 1. The molecule has 0 unspecified atom stereocenters. The van der Waals surface area contributed by atoms with Gasteiger partial charge in [-0.25, -0.2) is 24.1 Å². The molecule has 1 fully saturated rings. The lowest BCUT2D eigenvalue weighted by molar-refractivity contribution is 0.140. The topological polar surface area (TPSA) is 68.2 Å². The van der Waals surface area contributed by atoms with Gasteiger partial charge in [0.15, 0.2) is 5.82 Å². The van der Waals surface area contributed by atoms with Crippen LogP contribution in [-0.4, -0.2) is 34.2 Å². The highest BCUT2D eigenvalue weighted by atomic mass is 35.5. The maximum atomic E-state index is 13.8. The fourth-order valence-corrected chi connectivity index (χ4v) is 2.12. The van der Waals surface area contributed by atoms with Crippen LogP contribution in [-0.2, 0) is 4.74 Å². The van der Waals surface area contributed by atoms with Crippen LogP contribution in [0.4, 0.5) is 15.0 Å². The molecule has 0 saturated carbocycles. The van der Waals surface area contributed by atoms with Crippen LogP contribution in [0.25, 0.3) is 11.4 Å². The predicted octanol–water partition coefficient (Wildman–Crippen LogP) is 2.68. The first-order valence-corrected chi connectivity index (χ1v) is 6.63. The molecule has 0 aliphatic carbocycles. The zero-order valence-corrected chi connectivity index (χ0v) is 11.5. The molecule has 0 bridgehead atoms. The van der Waals surface area contributed by atoms with E-state index in [1.807, 2.05) is 0 Å². The summed E-state index contributed by atoms with van der Waals surface area (Å²) in [7, 11) is 0. The van der Waals surface area contributed by atoms with Gasteiger partial charge in [-0.05, 0) is 30.2 Å². The average molecular weight is 309 g/mol. The molecule has 0 aromatic carbocycles. The molecule has 0 N–H and O–H groups in total. The number of carbonyl (C=O) groups is 1. The average Bonchev–Trinajstić information content (AvgIpc) is 2.50. The number of anilines is 1. The molecule has 8 heteroatoms. The summed E-state index contributed by atoms with van der Waals surface area (Å²) >= 11 is 5.68. The van der Waals surface area contributed by atoms with E-state index in [0.717, 1.165) is 6.20 Å². The minimum absolute atomic E-state index is 0.0118. The van der Waals surface area contributed by atoms with Gasteiger partial charge in [-0.2, -0.15) is 0 Å². The zero-order chi connectivity index (χ0) is 14.8. The van der Waals surface area contributed by atoms with E-state index in [1.54, 1.807) is 18.2 Å². The number of carbonyl (C=O) groups excluding carboxylic acids is 1. The molecule has 0 atom stereocenters. The van der Waals surface area contributed by atoms with E-state index < -0.39 is 11.9 Å². The minimum atomic E-state index is -0.634. The fraction of sp³-hybridized carbons (Fsp3) is 0.231. The van der Waals surface area contributed by atoms with Crippen molar-refractivity contribution in [2.75, 3.05) is 18.1 Å². The lowest BCUT2D eigenvalue weighted by Gasteiger charge is -2.25. The summed E-state index contributed by atoms with van der Waals surface area (Å²) in [5.41, 5.74) is 0.259. The van der Waals surface area contributed by atoms with E-state index in [2.05, 4.69) is 15.0 Å². The van der Waals surface area contributed by atoms with Gasteiger partial charge in [-0.15, -0.1) is 0 Å². The van der Waals surface area contributed by atoms with Gasteiger partial charge >= 0.3 is 6.09 Å². The Morgan fingerprint density at radius 3 is 3.00 bits per heavy atom. The van der Waals surface area contributed by atoms with Gasteiger partial charge in [0.05, 0.1) is 18.5 Å². The molecule has 1 aliphatic rings. The molecule has 6 nitrogen and oxygen atoms in total. The molecule has 108 valence electrons. The lowest BCUT2D eigenvalue weighted by Crippen LogP contribution is -2.38. The second-order valence-corrected chi connectivity index (χ2v) is 4.67. The molecular weight excluding hydrogens is 299 g/mol. The first kappa shape index (κ1) is 13.7. The Balaban J connectivity index is 2.00. The predicted molar refractivity (Wildman–Crippen MR) is 73.5 cm³/mol. The first-order valence-electron chi connectivity index (χ1n) is 6.25. The number of hydrogen-bond acceptors (Lipinski definition) is 5. The van der Waals surface area contributed by atoms with Gasteiger partial charge in [-0.1, -0.05) is 6.07 Å². The van der Waals surface area contributed by atoms with E-state index in [9.17, 15) is 9.18 Å². The molecule has 1 aliphatic heterocycles. The van der Waals surface area contributed by atoms with Crippen molar-refractivity contribution < 1.29 is 13.9 Å². The van der Waals surface area contributed by atoms with Crippen LogP contribution in [0, 0.1) is 5.82 Å². The molecule has 1 saturated heterocycles. The van der Waals surface area contributed by atoms with E-state index >= 15 is 0 Å². The van der Waals surface area contributed by atoms with E-state index in [4.69, 9.17) is 16.3 Å². The molecule has 21 heavy (non-hydrogen) atoms. The number of aromatic nitrogens is 3. The Bertz CT molecular complexity index is 698. The minimum Gasteiger partial charge on any atom is -0.449 e. The van der Waals surface area contributed by atoms with Crippen molar-refractivity contribution in [2.45, 2.75) is 6.42 Å². The number of amides is 1. The second-order valence-electron chi connectivity index (χ2n) is 4.34. The van der Waals surface area contributed by atoms with Gasteiger partial charge in [0.2, 0.25) is 5.28 Å². The Kier molecular flexibility index (Phi) is 3.66. The SMILES string of the molecule is O=C1OCCCN1c1cccc(-c2nc(Cl)ncc2F)n1. The Morgan fingerprint density at radius 2 is 2.19 bits per heavy atom. The van der Waals surface area contributed by atoms with Crippen molar-refractivity contribution in [3.63, 3.8) is 0 Å². The highest BCUT2D eigenvalue weighted by Crippen LogP contribution is 2.23. The molecule has 3 heterocycles. The zero-order valence-electron chi connectivity index (χ0n) is 10.8. The van der Waals surface area contributed by atoms with Crippen LogP contribution in [0.3, 0.4) is 0 Å². The Morgan fingerprint density at radius 1 is 1.33 bits per heavy atom. The summed E-state index contributed by atoms with van der Waals surface area (Å²) in [6.45, 7) is 0.896. The van der Waals surface area contributed by atoms with Gasteiger partial charge in [0.1, 0.15) is 11.5 Å². The third-order valence-electron chi connectivity index (χ3n) is 2.94. The normalized spacial score (nSPS) is 15.0. The Labute approximate surface area is 124 Å². The smallest absolute Gasteiger partial charge is 0.415 e. The summed E-state index contributed by atoms with van der Waals surface area (Å²) in [5.74, 6) is -0.253. The molecule has 3 rings (SSSR count). The van der Waals surface area contributed by atoms with Crippen LogP contribution >= 0.6 is 11.6 Å². The third-order valence-corrected chi connectivity index (χ3v) is 3.12. The monoisotopic (exact) mass is 308 g/mol. The number of ether oxygens (including phenoxy) is 1. The molecule has 0 spiro atoms. The maximum Gasteiger partial charge on any atom is 0.415 e. The van der Waals surface area contributed by atoms with Crippen molar-refractivity contribution in [3.05, 3.63) is 35.5 Å². The van der Waals surface area contributed by atoms with Crippen molar-refractivity contribution in [1.82, 2.24) is 15.0 Å². The highest BCUT2D eigenvalue weighted by molar-refractivity contribution is 6.28. The summed E-state index contributed by atoms with van der Waals surface area (Å²) in [5, 5.41) is -0.0732. The fourth-order valence-electron chi connectivity index (χ4n) is 1.99. The van der Waals surface area contributed by atoms with Crippen LogP contribution in [0.5, 0.6) is 0 Å². The highest BCUT2D eigenvalue weighted by Gasteiger charge is 2.23. The van der Waals surface area contributed by atoms with Crippen LogP contribution < -0.4 is 4.90 Å². The number of halogens is 2. The third kappa shape index (κ3) is 2.78. The summed E-state index contributed by atoms with van der Waals surface area (Å²) in [6, 6.07) is 4.90. The quantitative estimate of drug-likeness (QED) is 0.798. The number of rotatable bonds is 2. The van der Waals surface area contributed by atoms with Gasteiger partial charge in [0.25, 0.3) is 0 Å². The number of cyclic esters (lactones) is 1. The largest absolute Gasteiger partial charge is 0.449 e. The molecular formula is C13H10ClFN4O2. The number of hydrogen-bond donors (Lipinski definition) is 0. The van der Waals surface area contributed by atoms with Crippen molar-refractivity contribution in [3.8, 4) is 11.4 Å². The molecule has 2 aromatic heterocycles. The summed E-state index contributed by atoms with van der Waals surface area (Å²) in [4.78, 5) is 24.7. The number of nitrogens with zero attached hydrogens (tertiary/aromatic N) is 4. The van der Waals surface area contributed by atoms with E-state index in [1.165, 1.54) is 4.90 Å². The van der Waals surface area contributed by atoms with Gasteiger partial charge < -0.3 is 4.74 Å².